The highest BCUT2D eigenvalue weighted by Gasteiger charge is 2.19. The summed E-state index contributed by atoms with van der Waals surface area (Å²) in [6, 6.07) is -0.0934. The largest absolute Gasteiger partial charge is 0.466 e. The topological polar surface area (TPSA) is 58.6 Å². The third-order valence-electron chi connectivity index (χ3n) is 1.60. The number of hydrogen-bond acceptors (Lipinski definition) is 4. The van der Waals surface area contributed by atoms with Gasteiger partial charge in [0.1, 0.15) is 0 Å². The Labute approximate surface area is 64.9 Å². The van der Waals surface area contributed by atoms with E-state index < -0.39 is 0 Å². The van der Waals surface area contributed by atoms with Gasteiger partial charge in [-0.2, -0.15) is 0 Å². The number of carbonyl (C=O) groups is 1. The van der Waals surface area contributed by atoms with Crippen molar-refractivity contribution in [1.29, 1.82) is 0 Å². The molecule has 0 fully saturated rings. The van der Waals surface area contributed by atoms with Gasteiger partial charge in [0.05, 0.1) is 13.7 Å². The highest BCUT2D eigenvalue weighted by atomic mass is 16.5. The molecular formula is C7H11NO3. The van der Waals surface area contributed by atoms with Crippen LogP contribution in [-0.2, 0) is 9.53 Å². The molecule has 0 aliphatic carbocycles. The van der Waals surface area contributed by atoms with E-state index in [1.165, 1.54) is 7.11 Å². The van der Waals surface area contributed by atoms with E-state index in [1.807, 2.05) is 0 Å². The number of ether oxygens (including phenoxy) is 1. The maximum atomic E-state index is 10.9. The molecule has 1 atom stereocenters. The molecule has 2 N–H and O–H groups in total. The van der Waals surface area contributed by atoms with Gasteiger partial charge in [-0.05, 0) is 0 Å². The summed E-state index contributed by atoms with van der Waals surface area (Å²) in [5.74, 6) is -0.326. The van der Waals surface area contributed by atoms with Gasteiger partial charge in [-0.15, -0.1) is 0 Å². The van der Waals surface area contributed by atoms with Crippen LogP contribution in [0.1, 0.15) is 0 Å². The molecule has 0 saturated carbocycles. The molecule has 0 bridgehead atoms. The summed E-state index contributed by atoms with van der Waals surface area (Å²) in [7, 11) is 1.34. The van der Waals surface area contributed by atoms with Gasteiger partial charge in [-0.3, -0.25) is 0 Å². The van der Waals surface area contributed by atoms with Crippen LogP contribution in [0.2, 0.25) is 0 Å². The molecule has 1 aliphatic heterocycles. The fourth-order valence-corrected chi connectivity index (χ4v) is 0.990. The predicted octanol–water partition coefficient (Wildman–Crippen LogP) is -0.950. The Balaban J connectivity index is 2.54. The number of nitrogens with one attached hydrogen (secondary N) is 1. The summed E-state index contributed by atoms with van der Waals surface area (Å²) in [5, 5.41) is 11.6. The van der Waals surface area contributed by atoms with Gasteiger partial charge in [0.15, 0.2) is 0 Å². The number of hydrogen-bond donors (Lipinski definition) is 2. The van der Waals surface area contributed by atoms with Crippen LogP contribution < -0.4 is 5.32 Å². The van der Waals surface area contributed by atoms with Crippen LogP contribution in [0.15, 0.2) is 11.6 Å². The average molecular weight is 157 g/mol. The molecule has 1 heterocycles. The van der Waals surface area contributed by atoms with Crippen molar-refractivity contribution < 1.29 is 14.6 Å². The van der Waals surface area contributed by atoms with Crippen molar-refractivity contribution in [2.24, 2.45) is 0 Å². The van der Waals surface area contributed by atoms with Crippen LogP contribution in [0, 0.1) is 0 Å². The van der Waals surface area contributed by atoms with E-state index >= 15 is 0 Å². The Morgan fingerprint density at radius 3 is 3.18 bits per heavy atom. The molecule has 1 rings (SSSR count). The number of rotatable bonds is 2. The fourth-order valence-electron chi connectivity index (χ4n) is 0.990. The van der Waals surface area contributed by atoms with Crippen molar-refractivity contribution in [2.45, 2.75) is 6.04 Å². The lowest BCUT2D eigenvalue weighted by Crippen LogP contribution is -2.26. The van der Waals surface area contributed by atoms with Crippen molar-refractivity contribution in [1.82, 2.24) is 5.32 Å². The molecule has 1 unspecified atom stereocenters. The van der Waals surface area contributed by atoms with E-state index in [0.717, 1.165) is 0 Å². The maximum Gasteiger partial charge on any atom is 0.334 e. The molecule has 11 heavy (non-hydrogen) atoms. The molecule has 0 aromatic rings. The number of esters is 1. The van der Waals surface area contributed by atoms with Gasteiger partial charge in [0, 0.05) is 18.2 Å². The summed E-state index contributed by atoms with van der Waals surface area (Å²) in [6.07, 6.45) is 1.69. The Kier molecular flexibility index (Phi) is 2.62. The van der Waals surface area contributed by atoms with Gasteiger partial charge in [-0.1, -0.05) is 6.08 Å². The van der Waals surface area contributed by atoms with Gasteiger partial charge in [0.25, 0.3) is 0 Å². The summed E-state index contributed by atoms with van der Waals surface area (Å²) in [4.78, 5) is 10.9. The van der Waals surface area contributed by atoms with Crippen molar-refractivity contribution in [3.63, 3.8) is 0 Å². The fraction of sp³-hybridized carbons (Fsp3) is 0.571. The highest BCUT2D eigenvalue weighted by molar-refractivity contribution is 5.89. The molecule has 1 aliphatic rings. The Morgan fingerprint density at radius 1 is 2.00 bits per heavy atom. The van der Waals surface area contributed by atoms with E-state index in [1.54, 1.807) is 6.08 Å². The van der Waals surface area contributed by atoms with Crippen molar-refractivity contribution in [3.05, 3.63) is 11.6 Å². The van der Waals surface area contributed by atoms with E-state index in [9.17, 15) is 4.79 Å². The first-order valence-corrected chi connectivity index (χ1v) is 3.41. The molecule has 0 amide bonds. The zero-order valence-electron chi connectivity index (χ0n) is 6.33. The Hall–Kier alpha value is -0.870. The Bertz CT molecular complexity index is 188. The van der Waals surface area contributed by atoms with E-state index in [2.05, 4.69) is 10.1 Å². The average Bonchev–Trinajstić information content (AvgIpc) is 2.50. The lowest BCUT2D eigenvalue weighted by molar-refractivity contribution is -0.136. The quantitative estimate of drug-likeness (QED) is 0.507. The van der Waals surface area contributed by atoms with Gasteiger partial charge < -0.3 is 15.2 Å². The van der Waals surface area contributed by atoms with Crippen LogP contribution >= 0.6 is 0 Å². The van der Waals surface area contributed by atoms with Crippen LogP contribution in [0.3, 0.4) is 0 Å². The zero-order chi connectivity index (χ0) is 8.27. The summed E-state index contributed by atoms with van der Waals surface area (Å²) < 4.78 is 4.50. The Morgan fingerprint density at radius 2 is 2.73 bits per heavy atom. The first kappa shape index (κ1) is 8.23. The standard InChI is InChI=1S/C7H11NO3/c1-11-7(10)5-2-6(4-9)8-3-5/h2,6,8-9H,3-4H2,1H3. The normalized spacial score (nSPS) is 23.1. The predicted molar refractivity (Wildman–Crippen MR) is 39.0 cm³/mol. The van der Waals surface area contributed by atoms with Gasteiger partial charge in [0.2, 0.25) is 0 Å². The van der Waals surface area contributed by atoms with Crippen molar-refractivity contribution in [2.75, 3.05) is 20.3 Å². The van der Waals surface area contributed by atoms with Crippen LogP contribution in [0.4, 0.5) is 0 Å². The molecular weight excluding hydrogens is 146 g/mol. The molecule has 0 saturated heterocycles. The second kappa shape index (κ2) is 3.50. The van der Waals surface area contributed by atoms with Gasteiger partial charge >= 0.3 is 5.97 Å². The van der Waals surface area contributed by atoms with Crippen molar-refractivity contribution in [3.8, 4) is 0 Å². The molecule has 4 nitrogen and oxygen atoms in total. The number of aliphatic hydroxyl groups excluding tert-OH is 1. The lowest BCUT2D eigenvalue weighted by Gasteiger charge is -2.00. The van der Waals surface area contributed by atoms with Crippen LogP contribution in [-0.4, -0.2) is 37.4 Å². The van der Waals surface area contributed by atoms with Crippen LogP contribution in [0.5, 0.6) is 0 Å². The molecule has 0 spiro atoms. The molecule has 0 aromatic heterocycles. The zero-order valence-corrected chi connectivity index (χ0v) is 6.33. The second-order valence-corrected chi connectivity index (χ2v) is 2.35. The maximum absolute atomic E-state index is 10.9. The van der Waals surface area contributed by atoms with E-state index in [0.29, 0.717) is 12.1 Å². The smallest absolute Gasteiger partial charge is 0.334 e. The molecule has 62 valence electrons. The number of aliphatic hydroxyl groups is 1. The minimum Gasteiger partial charge on any atom is -0.466 e. The van der Waals surface area contributed by atoms with Crippen LogP contribution in [0.25, 0.3) is 0 Å². The lowest BCUT2D eigenvalue weighted by atomic mass is 10.2. The first-order chi connectivity index (χ1) is 5.27. The van der Waals surface area contributed by atoms with Crippen molar-refractivity contribution >= 4 is 5.97 Å². The third-order valence-corrected chi connectivity index (χ3v) is 1.60. The molecule has 0 radical (unpaired) electrons. The molecule has 4 heteroatoms. The second-order valence-electron chi connectivity index (χ2n) is 2.35. The third kappa shape index (κ3) is 1.78. The molecule has 0 aromatic carbocycles. The number of carbonyl (C=O) groups excluding carboxylic acids is 1. The van der Waals surface area contributed by atoms with E-state index in [-0.39, 0.29) is 18.6 Å². The minimum atomic E-state index is -0.326. The highest BCUT2D eigenvalue weighted by Crippen LogP contribution is 2.05. The number of methoxy groups -OCH3 is 1. The first-order valence-electron chi connectivity index (χ1n) is 3.41. The van der Waals surface area contributed by atoms with E-state index in [4.69, 9.17) is 5.11 Å². The SMILES string of the molecule is COC(=O)C1=CC(CO)NC1. The summed E-state index contributed by atoms with van der Waals surface area (Å²) in [6.45, 7) is 0.498. The monoisotopic (exact) mass is 157 g/mol. The summed E-state index contributed by atoms with van der Waals surface area (Å²) in [5.41, 5.74) is 0.589. The van der Waals surface area contributed by atoms with Gasteiger partial charge in [-0.25, -0.2) is 4.79 Å². The summed E-state index contributed by atoms with van der Waals surface area (Å²) >= 11 is 0. The minimum absolute atomic E-state index is 0.0144.